The largest absolute Gasteiger partial charge is 0.354 e. The first-order valence-electron chi connectivity index (χ1n) is 8.91. The first-order valence-corrected chi connectivity index (χ1v) is 8.91. The van der Waals surface area contributed by atoms with Crippen molar-refractivity contribution in [1.82, 2.24) is 15.5 Å². The average molecular weight is 305 g/mol. The Morgan fingerprint density at radius 1 is 1.18 bits per heavy atom. The van der Waals surface area contributed by atoms with E-state index in [0.29, 0.717) is 24.9 Å². The lowest BCUT2D eigenvalue weighted by Crippen LogP contribution is -2.48. The number of carbonyl (C=O) groups excluding carboxylic acids is 2. The van der Waals surface area contributed by atoms with E-state index in [1.807, 2.05) is 0 Å². The van der Waals surface area contributed by atoms with Gasteiger partial charge in [0.05, 0.1) is 0 Å². The molecule has 4 aliphatic carbocycles. The van der Waals surface area contributed by atoms with Crippen LogP contribution in [0.3, 0.4) is 0 Å². The van der Waals surface area contributed by atoms with Gasteiger partial charge in [-0.3, -0.25) is 4.79 Å². The molecule has 2 N–H and O–H groups in total. The second-order valence-corrected chi connectivity index (χ2v) is 8.16. The Morgan fingerprint density at radius 3 is 2.36 bits per heavy atom. The van der Waals surface area contributed by atoms with Gasteiger partial charge in [0.15, 0.2) is 0 Å². The topological polar surface area (TPSA) is 61.4 Å². The molecular formula is C17H27N3O2. The van der Waals surface area contributed by atoms with E-state index in [-0.39, 0.29) is 11.9 Å². The van der Waals surface area contributed by atoms with Gasteiger partial charge in [-0.15, -0.1) is 0 Å². The van der Waals surface area contributed by atoms with Crippen LogP contribution in [0.4, 0.5) is 4.79 Å². The van der Waals surface area contributed by atoms with Gasteiger partial charge in [-0.1, -0.05) is 0 Å². The first-order chi connectivity index (χ1) is 10.6. The van der Waals surface area contributed by atoms with Crippen LogP contribution in [0.2, 0.25) is 0 Å². The molecule has 1 saturated heterocycles. The molecule has 4 saturated carbocycles. The summed E-state index contributed by atoms with van der Waals surface area (Å²) in [7, 11) is 0. The van der Waals surface area contributed by atoms with Crippen molar-refractivity contribution in [2.24, 2.45) is 23.2 Å². The Balaban J connectivity index is 1.26. The lowest BCUT2D eigenvalue weighted by atomic mass is 9.49. The van der Waals surface area contributed by atoms with Gasteiger partial charge in [0.25, 0.3) is 0 Å². The summed E-state index contributed by atoms with van der Waals surface area (Å²) in [5.41, 5.74) is 0.309. The van der Waals surface area contributed by atoms with E-state index in [4.69, 9.17) is 0 Å². The molecule has 5 fully saturated rings. The number of amides is 3. The molecule has 22 heavy (non-hydrogen) atoms. The van der Waals surface area contributed by atoms with Crippen molar-refractivity contribution in [3.05, 3.63) is 0 Å². The molecule has 0 radical (unpaired) electrons. The smallest absolute Gasteiger partial charge is 0.317 e. The van der Waals surface area contributed by atoms with E-state index >= 15 is 0 Å². The van der Waals surface area contributed by atoms with Crippen LogP contribution in [0.5, 0.6) is 0 Å². The van der Waals surface area contributed by atoms with Gasteiger partial charge >= 0.3 is 6.03 Å². The van der Waals surface area contributed by atoms with E-state index in [1.165, 1.54) is 38.5 Å². The molecule has 5 heteroatoms. The summed E-state index contributed by atoms with van der Waals surface area (Å²) in [5, 5.41) is 5.83. The Bertz CT molecular complexity index is 441. The SMILES string of the molecule is O=C(CC12CC3CC(CC(C3)C1)C2)NCCN1CCNC1=O. The van der Waals surface area contributed by atoms with Crippen molar-refractivity contribution in [2.75, 3.05) is 26.2 Å². The quantitative estimate of drug-likeness (QED) is 0.812. The van der Waals surface area contributed by atoms with Gasteiger partial charge in [0.2, 0.25) is 5.91 Å². The van der Waals surface area contributed by atoms with Crippen LogP contribution in [0.15, 0.2) is 0 Å². The highest BCUT2D eigenvalue weighted by Crippen LogP contribution is 2.61. The van der Waals surface area contributed by atoms with Crippen molar-refractivity contribution >= 4 is 11.9 Å². The lowest BCUT2D eigenvalue weighted by Gasteiger charge is -2.56. The maximum absolute atomic E-state index is 12.4. The number of rotatable bonds is 5. The maximum atomic E-state index is 12.4. The van der Waals surface area contributed by atoms with Gasteiger partial charge in [0.1, 0.15) is 0 Å². The van der Waals surface area contributed by atoms with E-state index in [2.05, 4.69) is 10.6 Å². The summed E-state index contributed by atoms with van der Waals surface area (Å²) in [5.74, 6) is 2.88. The number of hydrogen-bond donors (Lipinski definition) is 2. The Kier molecular flexibility index (Phi) is 3.54. The molecule has 0 unspecified atom stereocenters. The van der Waals surface area contributed by atoms with Crippen molar-refractivity contribution in [2.45, 2.75) is 44.9 Å². The molecule has 0 aromatic carbocycles. The molecule has 0 aromatic heterocycles. The highest BCUT2D eigenvalue weighted by atomic mass is 16.2. The third-order valence-corrected chi connectivity index (χ3v) is 6.35. The standard InChI is InChI=1S/C17H27N3O2/c21-15(18-1-3-20-4-2-19-16(20)22)11-17-8-12-5-13(9-17)7-14(6-12)10-17/h12-14H,1-11H2,(H,18,21)(H,19,22). The molecule has 0 spiro atoms. The van der Waals surface area contributed by atoms with Crippen molar-refractivity contribution in [3.63, 3.8) is 0 Å². The van der Waals surface area contributed by atoms with Crippen LogP contribution in [-0.4, -0.2) is 43.0 Å². The van der Waals surface area contributed by atoms with Gasteiger partial charge in [-0.2, -0.15) is 0 Å². The number of nitrogens with zero attached hydrogens (tertiary/aromatic N) is 1. The van der Waals surface area contributed by atoms with Gasteiger partial charge < -0.3 is 15.5 Å². The fraction of sp³-hybridized carbons (Fsp3) is 0.882. The summed E-state index contributed by atoms with van der Waals surface area (Å²) < 4.78 is 0. The molecular weight excluding hydrogens is 278 g/mol. The van der Waals surface area contributed by atoms with Gasteiger partial charge in [-0.25, -0.2) is 4.79 Å². The highest BCUT2D eigenvalue weighted by Gasteiger charge is 2.51. The molecule has 3 amide bonds. The van der Waals surface area contributed by atoms with Crippen LogP contribution in [0, 0.1) is 23.2 Å². The van der Waals surface area contributed by atoms with Crippen LogP contribution >= 0.6 is 0 Å². The summed E-state index contributed by atoms with van der Waals surface area (Å²) in [6, 6.07) is -0.00432. The Morgan fingerprint density at radius 2 is 1.82 bits per heavy atom. The summed E-state index contributed by atoms with van der Waals surface area (Å²) in [4.78, 5) is 25.6. The van der Waals surface area contributed by atoms with Crippen molar-refractivity contribution in [1.29, 1.82) is 0 Å². The lowest BCUT2D eigenvalue weighted by molar-refractivity contribution is -0.129. The van der Waals surface area contributed by atoms with E-state index in [0.717, 1.165) is 30.8 Å². The Hall–Kier alpha value is -1.26. The fourth-order valence-corrected chi connectivity index (χ4v) is 5.96. The molecule has 4 bridgehead atoms. The van der Waals surface area contributed by atoms with Crippen molar-refractivity contribution in [3.8, 4) is 0 Å². The number of urea groups is 1. The molecule has 0 atom stereocenters. The van der Waals surface area contributed by atoms with Gasteiger partial charge in [0, 0.05) is 32.6 Å². The molecule has 5 aliphatic rings. The second-order valence-electron chi connectivity index (χ2n) is 8.16. The minimum absolute atomic E-state index is 0.00432. The summed E-state index contributed by atoms with van der Waals surface area (Å²) in [6.45, 7) is 2.68. The zero-order chi connectivity index (χ0) is 15.2. The molecule has 0 aromatic rings. The molecule has 5 rings (SSSR count). The van der Waals surface area contributed by atoms with E-state index in [9.17, 15) is 9.59 Å². The third-order valence-electron chi connectivity index (χ3n) is 6.35. The summed E-state index contributed by atoms with van der Waals surface area (Å²) in [6.07, 6.45) is 8.81. The number of hydrogen-bond acceptors (Lipinski definition) is 2. The number of carbonyl (C=O) groups is 2. The number of nitrogens with one attached hydrogen (secondary N) is 2. The van der Waals surface area contributed by atoms with Crippen LogP contribution in [-0.2, 0) is 4.79 Å². The molecule has 122 valence electrons. The molecule has 1 heterocycles. The Labute approximate surface area is 132 Å². The minimum Gasteiger partial charge on any atom is -0.354 e. The first kappa shape index (κ1) is 14.3. The summed E-state index contributed by atoms with van der Waals surface area (Å²) >= 11 is 0. The zero-order valence-electron chi connectivity index (χ0n) is 13.3. The normalized spacial score (nSPS) is 39.2. The second kappa shape index (κ2) is 5.43. The molecule has 5 nitrogen and oxygen atoms in total. The van der Waals surface area contributed by atoms with Gasteiger partial charge in [-0.05, 0) is 61.7 Å². The van der Waals surface area contributed by atoms with Crippen LogP contribution in [0.25, 0.3) is 0 Å². The minimum atomic E-state index is -0.00432. The van der Waals surface area contributed by atoms with E-state index in [1.54, 1.807) is 4.90 Å². The monoisotopic (exact) mass is 305 g/mol. The zero-order valence-corrected chi connectivity index (χ0v) is 13.3. The van der Waals surface area contributed by atoms with E-state index < -0.39 is 0 Å². The maximum Gasteiger partial charge on any atom is 0.317 e. The molecule has 1 aliphatic heterocycles. The predicted molar refractivity (Wildman–Crippen MR) is 83.2 cm³/mol. The fourth-order valence-electron chi connectivity index (χ4n) is 5.96. The van der Waals surface area contributed by atoms with Crippen LogP contribution < -0.4 is 10.6 Å². The van der Waals surface area contributed by atoms with Crippen molar-refractivity contribution < 1.29 is 9.59 Å². The third kappa shape index (κ3) is 2.70. The average Bonchev–Trinajstić information content (AvgIpc) is 2.82. The predicted octanol–water partition coefficient (Wildman–Crippen LogP) is 1.73. The highest BCUT2D eigenvalue weighted by molar-refractivity contribution is 5.77. The van der Waals surface area contributed by atoms with Crippen LogP contribution in [0.1, 0.15) is 44.9 Å².